The third-order valence-electron chi connectivity index (χ3n) is 2.25. The smallest absolute Gasteiger partial charge is 0.253 e. The first-order valence-corrected chi connectivity index (χ1v) is 5.09. The number of aryl methyl sites for hydroxylation is 1. The first-order chi connectivity index (χ1) is 7.08. The van der Waals surface area contributed by atoms with Gasteiger partial charge in [-0.3, -0.25) is 4.79 Å². The monoisotopic (exact) mass is 222 g/mol. The zero-order valence-corrected chi connectivity index (χ0v) is 9.38. The number of hydrazone groups is 1. The number of benzene rings is 1. The molecular formula is C11H11ClN2O. The minimum absolute atomic E-state index is 0.0294. The molecule has 0 N–H and O–H groups in total. The van der Waals surface area contributed by atoms with Crippen molar-refractivity contribution < 1.29 is 4.79 Å². The van der Waals surface area contributed by atoms with Gasteiger partial charge in [0.2, 0.25) is 0 Å². The fourth-order valence-electron chi connectivity index (χ4n) is 1.53. The summed E-state index contributed by atoms with van der Waals surface area (Å²) in [4.78, 5) is 11.6. The molecule has 0 saturated heterocycles. The Kier molecular flexibility index (Phi) is 2.49. The summed E-state index contributed by atoms with van der Waals surface area (Å²) in [6.07, 6.45) is 0.379. The first kappa shape index (κ1) is 10.2. The minimum Gasteiger partial charge on any atom is -0.272 e. The molecule has 1 amide bonds. The Morgan fingerprint density at radius 1 is 1.40 bits per heavy atom. The zero-order chi connectivity index (χ0) is 11.0. The lowest BCUT2D eigenvalue weighted by molar-refractivity contribution is -0.116. The number of hydrogen-bond donors (Lipinski definition) is 0. The molecule has 0 spiro atoms. The van der Waals surface area contributed by atoms with E-state index < -0.39 is 0 Å². The highest BCUT2D eigenvalue weighted by molar-refractivity contribution is 6.34. The molecule has 0 fully saturated rings. The zero-order valence-electron chi connectivity index (χ0n) is 8.62. The summed E-state index contributed by atoms with van der Waals surface area (Å²) in [7, 11) is 0. The molecule has 1 aliphatic rings. The predicted octanol–water partition coefficient (Wildman–Crippen LogP) is 2.76. The van der Waals surface area contributed by atoms with E-state index in [1.54, 1.807) is 0 Å². The normalized spacial score (nSPS) is 15.8. The fourth-order valence-corrected chi connectivity index (χ4v) is 1.84. The maximum atomic E-state index is 11.6. The maximum absolute atomic E-state index is 11.6. The van der Waals surface area contributed by atoms with Crippen LogP contribution in [-0.2, 0) is 4.79 Å². The van der Waals surface area contributed by atoms with Crippen LogP contribution in [-0.4, -0.2) is 11.6 Å². The van der Waals surface area contributed by atoms with E-state index in [1.807, 2.05) is 32.0 Å². The number of rotatable bonds is 1. The van der Waals surface area contributed by atoms with E-state index in [0.717, 1.165) is 11.3 Å². The van der Waals surface area contributed by atoms with Crippen LogP contribution in [0, 0.1) is 6.92 Å². The Bertz CT molecular complexity index is 454. The Labute approximate surface area is 93.3 Å². The van der Waals surface area contributed by atoms with Crippen LogP contribution in [0.15, 0.2) is 23.3 Å². The van der Waals surface area contributed by atoms with E-state index in [9.17, 15) is 4.79 Å². The second kappa shape index (κ2) is 3.66. The Morgan fingerprint density at radius 3 is 2.67 bits per heavy atom. The first-order valence-electron chi connectivity index (χ1n) is 4.71. The van der Waals surface area contributed by atoms with Crippen LogP contribution in [0.4, 0.5) is 5.69 Å². The molecule has 0 bridgehead atoms. The number of nitrogens with zero attached hydrogens (tertiary/aromatic N) is 2. The standard InChI is InChI=1S/C11H11ClN2O/c1-7-3-4-10(9(12)5-7)14-11(15)6-8(2)13-14/h3-5H,6H2,1-2H3. The van der Waals surface area contributed by atoms with E-state index in [1.165, 1.54) is 5.01 Å². The van der Waals surface area contributed by atoms with Gasteiger partial charge in [0.1, 0.15) is 0 Å². The Hall–Kier alpha value is -1.35. The maximum Gasteiger partial charge on any atom is 0.253 e. The van der Waals surface area contributed by atoms with E-state index in [-0.39, 0.29) is 5.91 Å². The summed E-state index contributed by atoms with van der Waals surface area (Å²) >= 11 is 6.06. The molecule has 0 aromatic heterocycles. The van der Waals surface area contributed by atoms with Crippen LogP contribution in [0.3, 0.4) is 0 Å². The summed E-state index contributed by atoms with van der Waals surface area (Å²) in [5.74, 6) is -0.0294. The largest absolute Gasteiger partial charge is 0.272 e. The van der Waals surface area contributed by atoms with Gasteiger partial charge in [-0.1, -0.05) is 17.7 Å². The van der Waals surface area contributed by atoms with Gasteiger partial charge in [-0.2, -0.15) is 10.1 Å². The van der Waals surface area contributed by atoms with Crippen LogP contribution in [0.25, 0.3) is 0 Å². The van der Waals surface area contributed by atoms with Crippen molar-refractivity contribution in [3.8, 4) is 0 Å². The minimum atomic E-state index is -0.0294. The van der Waals surface area contributed by atoms with Crippen molar-refractivity contribution in [3.63, 3.8) is 0 Å². The van der Waals surface area contributed by atoms with Gasteiger partial charge in [0.25, 0.3) is 5.91 Å². The molecule has 1 aromatic carbocycles. The van der Waals surface area contributed by atoms with Crippen molar-refractivity contribution in [1.82, 2.24) is 0 Å². The molecule has 0 saturated carbocycles. The molecule has 4 heteroatoms. The van der Waals surface area contributed by atoms with Gasteiger partial charge in [0, 0.05) is 5.71 Å². The van der Waals surface area contributed by atoms with Gasteiger partial charge in [0.05, 0.1) is 17.1 Å². The van der Waals surface area contributed by atoms with Crippen LogP contribution in [0.5, 0.6) is 0 Å². The molecule has 1 aromatic rings. The third-order valence-corrected chi connectivity index (χ3v) is 2.55. The summed E-state index contributed by atoms with van der Waals surface area (Å²) in [6, 6.07) is 5.56. The molecule has 78 valence electrons. The number of hydrogen-bond acceptors (Lipinski definition) is 2. The number of anilines is 1. The SMILES string of the molecule is CC1=NN(c2ccc(C)cc2Cl)C(=O)C1. The van der Waals surface area contributed by atoms with Gasteiger partial charge < -0.3 is 0 Å². The lowest BCUT2D eigenvalue weighted by Crippen LogP contribution is -2.19. The number of halogens is 1. The van der Waals surface area contributed by atoms with Crippen LogP contribution in [0.1, 0.15) is 18.9 Å². The fraction of sp³-hybridized carbons (Fsp3) is 0.273. The second-order valence-corrected chi connectivity index (χ2v) is 4.08. The lowest BCUT2D eigenvalue weighted by Gasteiger charge is -2.13. The quantitative estimate of drug-likeness (QED) is 0.719. The topological polar surface area (TPSA) is 32.7 Å². The molecule has 2 rings (SSSR count). The van der Waals surface area contributed by atoms with E-state index in [0.29, 0.717) is 17.1 Å². The highest BCUT2D eigenvalue weighted by Gasteiger charge is 2.24. The second-order valence-electron chi connectivity index (χ2n) is 3.67. The molecule has 15 heavy (non-hydrogen) atoms. The van der Waals surface area contributed by atoms with Gasteiger partial charge in [-0.25, -0.2) is 0 Å². The molecule has 3 nitrogen and oxygen atoms in total. The van der Waals surface area contributed by atoms with E-state index >= 15 is 0 Å². The molecule has 0 aliphatic carbocycles. The molecule has 1 aliphatic heterocycles. The van der Waals surface area contributed by atoms with Gasteiger partial charge >= 0.3 is 0 Å². The van der Waals surface area contributed by atoms with Crippen LogP contribution in [0.2, 0.25) is 5.02 Å². The van der Waals surface area contributed by atoms with Gasteiger partial charge in [-0.05, 0) is 31.5 Å². The average Bonchev–Trinajstić information content (AvgIpc) is 2.45. The molecule has 0 atom stereocenters. The van der Waals surface area contributed by atoms with Crippen molar-refractivity contribution in [1.29, 1.82) is 0 Å². The molecule has 1 heterocycles. The summed E-state index contributed by atoms with van der Waals surface area (Å²) in [5.41, 5.74) is 2.54. The Morgan fingerprint density at radius 2 is 2.13 bits per heavy atom. The highest BCUT2D eigenvalue weighted by atomic mass is 35.5. The van der Waals surface area contributed by atoms with E-state index in [2.05, 4.69) is 5.10 Å². The summed E-state index contributed by atoms with van der Waals surface area (Å²) in [5, 5.41) is 6.08. The van der Waals surface area contributed by atoms with Crippen molar-refractivity contribution in [2.45, 2.75) is 20.3 Å². The van der Waals surface area contributed by atoms with Crippen LogP contribution < -0.4 is 5.01 Å². The van der Waals surface area contributed by atoms with E-state index in [4.69, 9.17) is 11.6 Å². The van der Waals surface area contributed by atoms with Crippen molar-refractivity contribution in [2.24, 2.45) is 5.10 Å². The van der Waals surface area contributed by atoms with Crippen molar-refractivity contribution in [2.75, 3.05) is 5.01 Å². The number of carbonyl (C=O) groups excluding carboxylic acids is 1. The van der Waals surface area contributed by atoms with Crippen molar-refractivity contribution >= 4 is 28.9 Å². The molecular weight excluding hydrogens is 212 g/mol. The summed E-state index contributed by atoms with van der Waals surface area (Å²) in [6.45, 7) is 3.79. The van der Waals surface area contributed by atoms with Gasteiger partial charge in [0.15, 0.2) is 0 Å². The molecule has 0 radical (unpaired) electrons. The third kappa shape index (κ3) is 1.88. The molecule has 0 unspecified atom stereocenters. The Balaban J connectivity index is 2.42. The highest BCUT2D eigenvalue weighted by Crippen LogP contribution is 2.29. The summed E-state index contributed by atoms with van der Waals surface area (Å²) < 4.78 is 0. The predicted molar refractivity (Wildman–Crippen MR) is 61.4 cm³/mol. The van der Waals surface area contributed by atoms with Crippen LogP contribution >= 0.6 is 11.6 Å². The van der Waals surface area contributed by atoms with Gasteiger partial charge in [-0.15, -0.1) is 0 Å². The van der Waals surface area contributed by atoms with Crippen molar-refractivity contribution in [3.05, 3.63) is 28.8 Å². The average molecular weight is 223 g/mol. The lowest BCUT2D eigenvalue weighted by atomic mass is 10.2. The number of carbonyl (C=O) groups is 1. The number of amides is 1.